The van der Waals surface area contributed by atoms with Gasteiger partial charge in [0.25, 0.3) is 0 Å². The Kier molecular flexibility index (Phi) is 5.50. The van der Waals surface area contributed by atoms with Crippen LogP contribution in [0.15, 0.2) is 0 Å². The van der Waals surface area contributed by atoms with Gasteiger partial charge in [0.15, 0.2) is 0 Å². The summed E-state index contributed by atoms with van der Waals surface area (Å²) in [5.41, 5.74) is 0.475. The van der Waals surface area contributed by atoms with Gasteiger partial charge < -0.3 is 10.2 Å². The average molecular weight is 307 g/mol. The molecule has 3 fully saturated rings. The molecule has 1 saturated heterocycles. The van der Waals surface area contributed by atoms with Crippen molar-refractivity contribution in [1.82, 2.24) is 10.2 Å². The predicted octanol–water partition coefficient (Wildman–Crippen LogP) is 4.30. The third-order valence-electron chi connectivity index (χ3n) is 5.90. The van der Waals surface area contributed by atoms with Crippen LogP contribution in [-0.2, 0) is 0 Å². The molecular formula is C20H38N2. The standard InChI is InChI=1S/C20H38N2/c1-20(2,3)11-18-10-19(21-12-16-6-4-5-7-16)15-22(14-18)13-17-8-9-17/h16-19,21H,4-15H2,1-3H3. The summed E-state index contributed by atoms with van der Waals surface area (Å²) < 4.78 is 0. The maximum atomic E-state index is 3.96. The minimum atomic E-state index is 0.475. The molecule has 2 nitrogen and oxygen atoms in total. The van der Waals surface area contributed by atoms with E-state index in [-0.39, 0.29) is 0 Å². The third kappa shape index (κ3) is 5.53. The van der Waals surface area contributed by atoms with Gasteiger partial charge in [0.05, 0.1) is 0 Å². The summed E-state index contributed by atoms with van der Waals surface area (Å²) >= 11 is 0. The van der Waals surface area contributed by atoms with E-state index >= 15 is 0 Å². The summed E-state index contributed by atoms with van der Waals surface area (Å²) in [6, 6.07) is 0.750. The van der Waals surface area contributed by atoms with Gasteiger partial charge in [-0.15, -0.1) is 0 Å². The molecule has 0 bridgehead atoms. The van der Waals surface area contributed by atoms with E-state index in [1.54, 1.807) is 0 Å². The molecule has 0 radical (unpaired) electrons. The maximum Gasteiger partial charge on any atom is 0.0198 e. The molecule has 0 aromatic rings. The average Bonchev–Trinajstić information content (AvgIpc) is 3.07. The minimum Gasteiger partial charge on any atom is -0.312 e. The fourth-order valence-corrected chi connectivity index (χ4v) is 4.83. The number of hydrogen-bond acceptors (Lipinski definition) is 2. The maximum absolute atomic E-state index is 3.96. The van der Waals surface area contributed by atoms with Gasteiger partial charge in [-0.1, -0.05) is 33.6 Å². The Morgan fingerprint density at radius 2 is 1.64 bits per heavy atom. The second-order valence-corrected chi connectivity index (χ2v) is 9.78. The molecule has 3 rings (SSSR count). The van der Waals surface area contributed by atoms with Crippen molar-refractivity contribution in [2.24, 2.45) is 23.2 Å². The number of nitrogens with one attached hydrogen (secondary N) is 1. The molecule has 2 unspecified atom stereocenters. The molecule has 0 amide bonds. The summed E-state index contributed by atoms with van der Waals surface area (Å²) in [7, 11) is 0. The molecule has 1 heterocycles. The molecule has 2 heteroatoms. The summed E-state index contributed by atoms with van der Waals surface area (Å²) in [5.74, 6) is 2.90. The van der Waals surface area contributed by atoms with Gasteiger partial charge in [0, 0.05) is 25.7 Å². The number of hydrogen-bond donors (Lipinski definition) is 1. The van der Waals surface area contributed by atoms with Crippen LogP contribution in [0.3, 0.4) is 0 Å². The first kappa shape index (κ1) is 16.8. The molecular weight excluding hydrogens is 268 g/mol. The zero-order chi connectivity index (χ0) is 15.6. The van der Waals surface area contributed by atoms with E-state index in [4.69, 9.17) is 0 Å². The fraction of sp³-hybridized carbons (Fsp3) is 1.00. The highest BCUT2D eigenvalue weighted by molar-refractivity contribution is 4.89. The molecule has 2 atom stereocenters. The topological polar surface area (TPSA) is 15.3 Å². The molecule has 1 N–H and O–H groups in total. The van der Waals surface area contributed by atoms with Crippen molar-refractivity contribution in [2.45, 2.75) is 78.2 Å². The lowest BCUT2D eigenvalue weighted by Gasteiger charge is -2.41. The molecule has 0 aromatic carbocycles. The number of rotatable bonds is 6. The summed E-state index contributed by atoms with van der Waals surface area (Å²) in [6.45, 7) is 12.6. The van der Waals surface area contributed by atoms with E-state index in [2.05, 4.69) is 31.0 Å². The van der Waals surface area contributed by atoms with Crippen LogP contribution >= 0.6 is 0 Å². The Labute approximate surface area is 138 Å². The molecule has 3 aliphatic rings. The Bertz CT molecular complexity index is 336. The van der Waals surface area contributed by atoms with Crippen LogP contribution in [0.5, 0.6) is 0 Å². The van der Waals surface area contributed by atoms with E-state index < -0.39 is 0 Å². The molecule has 22 heavy (non-hydrogen) atoms. The quantitative estimate of drug-likeness (QED) is 0.787. The molecule has 0 spiro atoms. The normalized spacial score (nSPS) is 31.8. The van der Waals surface area contributed by atoms with E-state index in [1.165, 1.54) is 77.5 Å². The summed E-state index contributed by atoms with van der Waals surface area (Å²) in [4.78, 5) is 2.80. The van der Waals surface area contributed by atoms with Gasteiger partial charge in [-0.3, -0.25) is 0 Å². The number of likely N-dealkylation sites (tertiary alicyclic amines) is 1. The Hall–Kier alpha value is -0.0800. The molecule has 2 aliphatic carbocycles. The van der Waals surface area contributed by atoms with Crippen molar-refractivity contribution in [1.29, 1.82) is 0 Å². The van der Waals surface area contributed by atoms with E-state index in [0.717, 1.165) is 23.8 Å². The highest BCUT2D eigenvalue weighted by atomic mass is 15.2. The second kappa shape index (κ2) is 7.21. The van der Waals surface area contributed by atoms with E-state index in [1.807, 2.05) is 0 Å². The predicted molar refractivity (Wildman–Crippen MR) is 95.1 cm³/mol. The van der Waals surface area contributed by atoms with Gasteiger partial charge >= 0.3 is 0 Å². The SMILES string of the molecule is CC(C)(C)CC1CC(NCC2CCCC2)CN(CC2CC2)C1. The molecule has 128 valence electrons. The van der Waals surface area contributed by atoms with Crippen LogP contribution in [0.4, 0.5) is 0 Å². The van der Waals surface area contributed by atoms with Crippen molar-refractivity contribution in [3.05, 3.63) is 0 Å². The van der Waals surface area contributed by atoms with Gasteiger partial charge in [-0.05, 0) is 68.2 Å². The van der Waals surface area contributed by atoms with Crippen molar-refractivity contribution in [3.8, 4) is 0 Å². The van der Waals surface area contributed by atoms with Gasteiger partial charge in [0.2, 0.25) is 0 Å². The first-order valence-electron chi connectivity index (χ1n) is 9.94. The highest BCUT2D eigenvalue weighted by Crippen LogP contribution is 2.34. The van der Waals surface area contributed by atoms with Crippen LogP contribution in [0.2, 0.25) is 0 Å². The first-order valence-corrected chi connectivity index (χ1v) is 9.94. The second-order valence-electron chi connectivity index (χ2n) is 9.78. The lowest BCUT2D eigenvalue weighted by atomic mass is 9.80. The van der Waals surface area contributed by atoms with Crippen LogP contribution in [0.1, 0.15) is 72.1 Å². The van der Waals surface area contributed by atoms with Crippen LogP contribution < -0.4 is 5.32 Å². The summed E-state index contributed by atoms with van der Waals surface area (Å²) in [5, 5.41) is 3.96. The Morgan fingerprint density at radius 3 is 2.27 bits per heavy atom. The minimum absolute atomic E-state index is 0.475. The fourth-order valence-electron chi connectivity index (χ4n) is 4.83. The monoisotopic (exact) mass is 306 g/mol. The zero-order valence-corrected chi connectivity index (χ0v) is 15.2. The largest absolute Gasteiger partial charge is 0.312 e. The van der Waals surface area contributed by atoms with Crippen molar-refractivity contribution >= 4 is 0 Å². The van der Waals surface area contributed by atoms with Crippen LogP contribution in [-0.4, -0.2) is 37.1 Å². The third-order valence-corrected chi connectivity index (χ3v) is 5.90. The van der Waals surface area contributed by atoms with E-state index in [9.17, 15) is 0 Å². The van der Waals surface area contributed by atoms with Gasteiger partial charge in [0.1, 0.15) is 0 Å². The van der Waals surface area contributed by atoms with Crippen molar-refractivity contribution in [3.63, 3.8) is 0 Å². The first-order chi connectivity index (χ1) is 10.5. The van der Waals surface area contributed by atoms with Crippen LogP contribution in [0.25, 0.3) is 0 Å². The smallest absolute Gasteiger partial charge is 0.0198 e. The number of piperidine rings is 1. The van der Waals surface area contributed by atoms with Gasteiger partial charge in [-0.2, -0.15) is 0 Å². The van der Waals surface area contributed by atoms with E-state index in [0.29, 0.717) is 5.41 Å². The molecule has 2 saturated carbocycles. The lowest BCUT2D eigenvalue weighted by molar-refractivity contribution is 0.108. The summed E-state index contributed by atoms with van der Waals surface area (Å²) in [6.07, 6.45) is 11.6. The van der Waals surface area contributed by atoms with Crippen molar-refractivity contribution in [2.75, 3.05) is 26.2 Å². The van der Waals surface area contributed by atoms with Gasteiger partial charge in [-0.25, -0.2) is 0 Å². The Balaban J connectivity index is 1.50. The highest BCUT2D eigenvalue weighted by Gasteiger charge is 2.33. The van der Waals surface area contributed by atoms with Crippen LogP contribution in [0, 0.1) is 23.2 Å². The van der Waals surface area contributed by atoms with Crippen molar-refractivity contribution < 1.29 is 0 Å². The Morgan fingerprint density at radius 1 is 0.909 bits per heavy atom. The molecule has 1 aliphatic heterocycles. The zero-order valence-electron chi connectivity index (χ0n) is 15.2. The lowest BCUT2D eigenvalue weighted by Crippen LogP contribution is -2.51. The molecule has 0 aromatic heterocycles. The number of nitrogens with zero attached hydrogens (tertiary/aromatic N) is 1.